The van der Waals surface area contributed by atoms with Gasteiger partial charge in [-0.2, -0.15) is 0 Å². The molecule has 5 heteroatoms. The number of hydrogen-bond acceptors (Lipinski definition) is 3. The molecule has 0 spiro atoms. The smallest absolute Gasteiger partial charge is 0.335 e. The van der Waals surface area contributed by atoms with Crippen LogP contribution in [0.3, 0.4) is 0 Å². The molecule has 0 amide bonds. The zero-order chi connectivity index (χ0) is 16.9. The highest BCUT2D eigenvalue weighted by Crippen LogP contribution is 2.24. The molecular weight excluding hydrogens is 302 g/mol. The maximum Gasteiger partial charge on any atom is 0.335 e. The van der Waals surface area contributed by atoms with Crippen molar-refractivity contribution in [2.45, 2.75) is 32.6 Å². The number of aromatic carboxylic acids is 1. The van der Waals surface area contributed by atoms with Crippen LogP contribution in [0.15, 0.2) is 24.3 Å². The fourth-order valence-electron chi connectivity index (χ4n) is 3.49. The zero-order valence-electron chi connectivity index (χ0n) is 14.3. The summed E-state index contributed by atoms with van der Waals surface area (Å²) in [6.07, 6.45) is 5.11. The highest BCUT2D eigenvalue weighted by molar-refractivity contribution is 5.98. The largest absolute Gasteiger partial charge is 0.478 e. The van der Waals surface area contributed by atoms with E-state index in [1.807, 2.05) is 13.0 Å². The Morgan fingerprint density at radius 2 is 2.04 bits per heavy atom. The van der Waals surface area contributed by atoms with E-state index in [9.17, 15) is 9.90 Å². The molecule has 0 bridgehead atoms. The Kier molecular flexibility index (Phi) is 5.30. The van der Waals surface area contributed by atoms with Gasteiger partial charge in [-0.1, -0.05) is 0 Å². The topological polar surface area (TPSA) is 66.7 Å². The Labute approximate surface area is 142 Å². The van der Waals surface area contributed by atoms with Crippen molar-refractivity contribution in [3.8, 4) is 0 Å². The number of nitrogens with zero attached hydrogens (tertiary/aromatic N) is 1. The lowest BCUT2D eigenvalue weighted by atomic mass is 10.1. The third-order valence-electron chi connectivity index (χ3n) is 4.77. The van der Waals surface area contributed by atoms with E-state index < -0.39 is 5.97 Å². The number of unbranched alkanes of at least 4 members (excludes halogenated alkanes) is 1. The van der Waals surface area contributed by atoms with Crippen molar-refractivity contribution in [1.82, 2.24) is 4.98 Å². The number of fused-ring (bicyclic) bond motifs is 1. The van der Waals surface area contributed by atoms with Crippen LogP contribution in [0.1, 0.15) is 41.7 Å². The van der Waals surface area contributed by atoms with Crippen LogP contribution in [-0.2, 0) is 0 Å². The first-order valence-electron chi connectivity index (χ1n) is 8.85. The SMILES string of the molecule is Cc1cc(NCCCC[NH+]2CCCC2)c2cc(C(=O)O)ccc2n1. The van der Waals surface area contributed by atoms with Gasteiger partial charge in [0.2, 0.25) is 0 Å². The number of aromatic nitrogens is 1. The van der Waals surface area contributed by atoms with Crippen LogP contribution in [0.2, 0.25) is 0 Å². The number of carbonyl (C=O) groups is 1. The normalized spacial score (nSPS) is 15.0. The molecule has 1 aromatic carbocycles. The van der Waals surface area contributed by atoms with Gasteiger partial charge < -0.3 is 15.3 Å². The number of carboxylic acid groups (broad SMARTS) is 1. The maximum absolute atomic E-state index is 11.2. The molecule has 5 nitrogen and oxygen atoms in total. The van der Waals surface area contributed by atoms with Crippen molar-refractivity contribution in [1.29, 1.82) is 0 Å². The third-order valence-corrected chi connectivity index (χ3v) is 4.77. The van der Waals surface area contributed by atoms with Crippen molar-refractivity contribution >= 4 is 22.6 Å². The summed E-state index contributed by atoms with van der Waals surface area (Å²) in [5, 5.41) is 13.6. The minimum absolute atomic E-state index is 0.300. The first kappa shape index (κ1) is 16.7. The summed E-state index contributed by atoms with van der Waals surface area (Å²) in [6.45, 7) is 6.80. The van der Waals surface area contributed by atoms with E-state index in [0.717, 1.165) is 35.2 Å². The van der Waals surface area contributed by atoms with Crippen LogP contribution in [0.25, 0.3) is 10.9 Å². The quantitative estimate of drug-likeness (QED) is 0.681. The summed E-state index contributed by atoms with van der Waals surface area (Å²) < 4.78 is 0. The van der Waals surface area contributed by atoms with Crippen molar-refractivity contribution in [2.24, 2.45) is 0 Å². The van der Waals surface area contributed by atoms with Crippen LogP contribution in [-0.4, -0.2) is 42.2 Å². The Morgan fingerprint density at radius 1 is 1.25 bits per heavy atom. The van der Waals surface area contributed by atoms with Gasteiger partial charge in [0.15, 0.2) is 0 Å². The average molecular weight is 328 g/mol. The van der Waals surface area contributed by atoms with Gasteiger partial charge in [0, 0.05) is 36.2 Å². The third kappa shape index (κ3) is 4.03. The number of rotatable bonds is 7. The molecule has 128 valence electrons. The van der Waals surface area contributed by atoms with Gasteiger partial charge in [0.25, 0.3) is 0 Å². The van der Waals surface area contributed by atoms with Crippen LogP contribution in [0.4, 0.5) is 5.69 Å². The molecule has 1 aromatic heterocycles. The molecule has 3 rings (SSSR count). The lowest BCUT2D eigenvalue weighted by Crippen LogP contribution is -3.09. The van der Waals surface area contributed by atoms with Crippen molar-refractivity contribution in [3.05, 3.63) is 35.5 Å². The Hall–Kier alpha value is -2.14. The average Bonchev–Trinajstić information content (AvgIpc) is 3.07. The van der Waals surface area contributed by atoms with Gasteiger partial charge in [-0.3, -0.25) is 4.98 Å². The molecular formula is C19H26N3O2+. The number of carboxylic acids is 1. The number of aryl methyl sites for hydroxylation is 1. The second-order valence-corrected chi connectivity index (χ2v) is 6.69. The van der Waals surface area contributed by atoms with E-state index in [0.29, 0.717) is 5.56 Å². The van der Waals surface area contributed by atoms with Gasteiger partial charge in [-0.25, -0.2) is 4.79 Å². The van der Waals surface area contributed by atoms with Crippen LogP contribution < -0.4 is 10.2 Å². The van der Waals surface area contributed by atoms with Crippen LogP contribution in [0, 0.1) is 6.92 Å². The van der Waals surface area contributed by atoms with Gasteiger partial charge in [0.1, 0.15) is 0 Å². The molecule has 0 unspecified atom stereocenters. The number of nitrogens with one attached hydrogen (secondary N) is 2. The van der Waals surface area contributed by atoms with Gasteiger partial charge in [-0.05, 0) is 44.0 Å². The highest BCUT2D eigenvalue weighted by atomic mass is 16.4. The summed E-state index contributed by atoms with van der Waals surface area (Å²) in [4.78, 5) is 17.4. The van der Waals surface area contributed by atoms with E-state index in [2.05, 4.69) is 10.3 Å². The van der Waals surface area contributed by atoms with E-state index in [4.69, 9.17) is 0 Å². The van der Waals surface area contributed by atoms with Crippen molar-refractivity contribution < 1.29 is 14.8 Å². The number of anilines is 1. The summed E-state index contributed by atoms with van der Waals surface area (Å²) >= 11 is 0. The Balaban J connectivity index is 1.64. The predicted octanol–water partition coefficient (Wildman–Crippen LogP) is 2.11. The molecule has 1 aliphatic heterocycles. The fourth-order valence-corrected chi connectivity index (χ4v) is 3.49. The number of pyridine rings is 1. The summed E-state index contributed by atoms with van der Waals surface area (Å²) in [7, 11) is 0. The van der Waals surface area contributed by atoms with Gasteiger partial charge in [-0.15, -0.1) is 0 Å². The van der Waals surface area contributed by atoms with E-state index >= 15 is 0 Å². The first-order chi connectivity index (χ1) is 11.6. The molecule has 2 heterocycles. The van der Waals surface area contributed by atoms with Crippen LogP contribution in [0.5, 0.6) is 0 Å². The number of likely N-dealkylation sites (tertiary alicyclic amines) is 1. The number of benzene rings is 1. The first-order valence-corrected chi connectivity index (χ1v) is 8.85. The summed E-state index contributed by atoms with van der Waals surface area (Å²) in [6, 6.07) is 7.11. The monoisotopic (exact) mass is 328 g/mol. The Morgan fingerprint density at radius 3 is 2.79 bits per heavy atom. The minimum Gasteiger partial charge on any atom is -0.478 e. The minimum atomic E-state index is -0.906. The summed E-state index contributed by atoms with van der Waals surface area (Å²) in [5.41, 5.74) is 3.06. The Bertz CT molecular complexity index is 724. The number of quaternary nitrogens is 1. The lowest BCUT2D eigenvalue weighted by molar-refractivity contribution is -0.887. The predicted molar refractivity (Wildman–Crippen MR) is 96.0 cm³/mol. The standard InChI is InChI=1S/C19H25N3O2/c1-14-12-18(20-8-2-3-9-22-10-4-5-11-22)16-13-15(19(23)24)6-7-17(16)21-14/h6-7,12-13H,2-5,8-11H2,1H3,(H,20,21)(H,23,24)/p+1. The van der Waals surface area contributed by atoms with Crippen molar-refractivity contribution in [3.63, 3.8) is 0 Å². The van der Waals surface area contributed by atoms with Gasteiger partial charge >= 0.3 is 5.97 Å². The van der Waals surface area contributed by atoms with E-state index in [-0.39, 0.29) is 0 Å². The lowest BCUT2D eigenvalue weighted by Gasteiger charge is -2.13. The molecule has 0 atom stereocenters. The molecule has 1 saturated heterocycles. The molecule has 24 heavy (non-hydrogen) atoms. The van der Waals surface area contributed by atoms with Gasteiger partial charge in [0.05, 0.1) is 30.7 Å². The molecule has 0 aliphatic carbocycles. The molecule has 0 saturated carbocycles. The molecule has 2 aromatic rings. The second-order valence-electron chi connectivity index (χ2n) is 6.69. The maximum atomic E-state index is 11.2. The van der Waals surface area contributed by atoms with Crippen LogP contribution >= 0.6 is 0 Å². The fraction of sp³-hybridized carbons (Fsp3) is 0.474. The molecule has 3 N–H and O–H groups in total. The van der Waals surface area contributed by atoms with Crippen molar-refractivity contribution in [2.75, 3.05) is 31.5 Å². The molecule has 1 aliphatic rings. The van der Waals surface area contributed by atoms with E-state index in [1.54, 1.807) is 23.1 Å². The second kappa shape index (κ2) is 7.62. The molecule has 0 radical (unpaired) electrons. The number of hydrogen-bond donors (Lipinski definition) is 3. The summed E-state index contributed by atoms with van der Waals surface area (Å²) in [5.74, 6) is -0.906. The zero-order valence-corrected chi connectivity index (χ0v) is 14.3. The molecule has 1 fully saturated rings. The van der Waals surface area contributed by atoms with E-state index in [1.165, 1.54) is 38.9 Å². The highest BCUT2D eigenvalue weighted by Gasteiger charge is 2.14.